The monoisotopic (exact) mass is 428 g/mol. The van der Waals surface area contributed by atoms with Crippen LogP contribution in [0.3, 0.4) is 0 Å². The summed E-state index contributed by atoms with van der Waals surface area (Å²) >= 11 is 0. The summed E-state index contributed by atoms with van der Waals surface area (Å²) in [6.45, 7) is 3.65. The number of carbonyl (C=O) groups excluding carboxylic acids is 1. The minimum Gasteiger partial charge on any atom is -0.486 e. The number of hydrogen-bond donors (Lipinski definition) is 2. The molecule has 0 saturated heterocycles. The molecule has 1 amide bonds. The Morgan fingerprint density at radius 3 is 2.78 bits per heavy atom. The normalized spacial score (nSPS) is 12.7. The van der Waals surface area contributed by atoms with Crippen LogP contribution in [0.15, 0.2) is 54.7 Å². The molecule has 7 nitrogen and oxygen atoms in total. The van der Waals surface area contributed by atoms with Crippen molar-refractivity contribution in [3.05, 3.63) is 71.5 Å². The third kappa shape index (κ3) is 4.01. The van der Waals surface area contributed by atoms with Gasteiger partial charge in [-0.05, 0) is 55.7 Å². The zero-order valence-electron chi connectivity index (χ0n) is 17.9. The van der Waals surface area contributed by atoms with Crippen LogP contribution in [0.1, 0.15) is 28.0 Å². The first-order valence-corrected chi connectivity index (χ1v) is 10.8. The number of fused-ring (bicyclic) bond motifs is 2. The molecule has 5 rings (SSSR count). The predicted octanol–water partition coefficient (Wildman–Crippen LogP) is 4.07. The van der Waals surface area contributed by atoms with E-state index in [2.05, 4.69) is 15.5 Å². The number of carbonyl (C=O) groups is 1. The van der Waals surface area contributed by atoms with Crippen LogP contribution in [-0.2, 0) is 6.42 Å². The molecule has 1 aliphatic rings. The number of para-hydroxylation sites is 1. The number of aromatic amines is 1. The molecule has 0 saturated carbocycles. The van der Waals surface area contributed by atoms with E-state index in [0.29, 0.717) is 31.1 Å². The maximum Gasteiger partial charge on any atom is 0.252 e. The van der Waals surface area contributed by atoms with Crippen molar-refractivity contribution in [3.63, 3.8) is 0 Å². The Hall–Kier alpha value is -3.87. The number of benzene rings is 2. The van der Waals surface area contributed by atoms with Gasteiger partial charge in [-0.2, -0.15) is 5.10 Å². The van der Waals surface area contributed by atoms with Gasteiger partial charge in [0.05, 0.1) is 23.0 Å². The molecule has 0 unspecified atom stereocenters. The third-order valence-corrected chi connectivity index (χ3v) is 5.64. The van der Waals surface area contributed by atoms with Crippen molar-refractivity contribution in [2.24, 2.45) is 0 Å². The number of nitrogens with zero attached hydrogens (tertiary/aromatic N) is 2. The van der Waals surface area contributed by atoms with Crippen LogP contribution < -0.4 is 14.8 Å². The molecule has 7 heteroatoms. The Kier molecular flexibility index (Phi) is 5.46. The molecule has 2 aromatic heterocycles. The number of H-pyrrole nitrogens is 1. The number of ether oxygens (including phenoxy) is 2. The van der Waals surface area contributed by atoms with E-state index in [1.54, 1.807) is 0 Å². The number of rotatable bonds is 6. The topological polar surface area (TPSA) is 89.1 Å². The quantitative estimate of drug-likeness (QED) is 0.452. The highest BCUT2D eigenvalue weighted by Crippen LogP contribution is 2.35. The molecule has 4 aromatic rings. The van der Waals surface area contributed by atoms with Crippen molar-refractivity contribution < 1.29 is 14.3 Å². The Balaban J connectivity index is 1.39. The molecule has 162 valence electrons. The van der Waals surface area contributed by atoms with Crippen molar-refractivity contribution in [1.82, 2.24) is 20.5 Å². The van der Waals surface area contributed by atoms with Gasteiger partial charge in [0.1, 0.15) is 13.2 Å². The summed E-state index contributed by atoms with van der Waals surface area (Å²) in [5.74, 6) is 1.32. The Labute approximate surface area is 185 Å². The van der Waals surface area contributed by atoms with Gasteiger partial charge in [-0.15, -0.1) is 0 Å². The number of amides is 1. The van der Waals surface area contributed by atoms with Crippen LogP contribution in [0.2, 0.25) is 0 Å². The van der Waals surface area contributed by atoms with Gasteiger partial charge in [0, 0.05) is 23.2 Å². The summed E-state index contributed by atoms with van der Waals surface area (Å²) in [5, 5.41) is 10.9. The highest BCUT2D eigenvalue weighted by Gasteiger charge is 2.17. The van der Waals surface area contributed by atoms with Crippen molar-refractivity contribution in [3.8, 4) is 22.8 Å². The highest BCUT2D eigenvalue weighted by molar-refractivity contribution is 6.07. The fraction of sp³-hybridized carbons (Fsp3) is 0.240. The molecule has 32 heavy (non-hydrogen) atoms. The first-order chi connectivity index (χ1) is 15.7. The second-order valence-electron chi connectivity index (χ2n) is 7.81. The van der Waals surface area contributed by atoms with Gasteiger partial charge >= 0.3 is 0 Å². The Bertz CT molecular complexity index is 1280. The molecule has 2 aromatic carbocycles. The summed E-state index contributed by atoms with van der Waals surface area (Å²) in [6.07, 6.45) is 3.54. The second-order valence-corrected chi connectivity index (χ2v) is 7.81. The molecule has 0 radical (unpaired) electrons. The van der Waals surface area contributed by atoms with Crippen molar-refractivity contribution in [2.75, 3.05) is 19.8 Å². The van der Waals surface area contributed by atoms with Crippen LogP contribution in [-0.4, -0.2) is 40.8 Å². The van der Waals surface area contributed by atoms with Crippen molar-refractivity contribution >= 4 is 16.8 Å². The van der Waals surface area contributed by atoms with Crippen LogP contribution in [0.5, 0.6) is 11.5 Å². The number of nitrogens with one attached hydrogen (secondary N) is 2. The van der Waals surface area contributed by atoms with E-state index in [1.165, 1.54) is 5.56 Å². The van der Waals surface area contributed by atoms with Gasteiger partial charge in [-0.25, -0.2) is 4.98 Å². The molecular weight excluding hydrogens is 404 g/mol. The largest absolute Gasteiger partial charge is 0.486 e. The lowest BCUT2D eigenvalue weighted by Gasteiger charge is -2.19. The molecule has 0 fully saturated rings. The van der Waals surface area contributed by atoms with E-state index in [4.69, 9.17) is 14.5 Å². The summed E-state index contributed by atoms with van der Waals surface area (Å²) < 4.78 is 11.3. The van der Waals surface area contributed by atoms with E-state index in [0.717, 1.165) is 46.4 Å². The molecule has 0 spiro atoms. The highest BCUT2D eigenvalue weighted by atomic mass is 16.6. The molecule has 2 N–H and O–H groups in total. The van der Waals surface area contributed by atoms with Gasteiger partial charge in [-0.1, -0.05) is 18.2 Å². The molecular formula is C25H24N4O3. The smallest absolute Gasteiger partial charge is 0.252 e. The van der Waals surface area contributed by atoms with Crippen molar-refractivity contribution in [2.45, 2.75) is 19.8 Å². The number of aromatic nitrogens is 3. The fourth-order valence-electron chi connectivity index (χ4n) is 3.92. The fourth-order valence-corrected chi connectivity index (χ4v) is 3.92. The molecule has 0 aliphatic carbocycles. The maximum absolute atomic E-state index is 13.1. The standard InChI is InChI=1S/C25H24N4O3/c1-16-18(15-27-29-16)5-4-10-26-25(30)20-14-22(28-21-7-3-2-6-19(20)21)17-8-9-23-24(13-17)32-12-11-31-23/h2-3,6-9,13-15H,4-5,10-12H2,1H3,(H,26,30)(H,27,29). The number of aryl methyl sites for hydroxylation is 2. The average molecular weight is 428 g/mol. The molecule has 0 bridgehead atoms. The van der Waals surface area contributed by atoms with Crippen molar-refractivity contribution in [1.29, 1.82) is 0 Å². The summed E-state index contributed by atoms with van der Waals surface area (Å²) in [6, 6.07) is 15.3. The number of pyridine rings is 1. The van der Waals surface area contributed by atoms with E-state index in [9.17, 15) is 4.79 Å². The Morgan fingerprint density at radius 2 is 1.94 bits per heavy atom. The zero-order valence-corrected chi connectivity index (χ0v) is 17.9. The maximum atomic E-state index is 13.1. The molecule has 1 aliphatic heterocycles. The van der Waals surface area contributed by atoms with E-state index >= 15 is 0 Å². The van der Waals surface area contributed by atoms with Crippen LogP contribution in [0.25, 0.3) is 22.2 Å². The SMILES string of the molecule is Cc1[nH]ncc1CCCNC(=O)c1cc(-c2ccc3c(c2)OCCO3)nc2ccccc12. The first kappa shape index (κ1) is 20.1. The van der Waals surface area contributed by atoms with Crippen LogP contribution >= 0.6 is 0 Å². The van der Waals surface area contributed by atoms with E-state index in [-0.39, 0.29) is 5.91 Å². The van der Waals surface area contributed by atoms with Crippen LogP contribution in [0, 0.1) is 6.92 Å². The number of hydrogen-bond acceptors (Lipinski definition) is 5. The Morgan fingerprint density at radius 1 is 1.09 bits per heavy atom. The minimum atomic E-state index is -0.105. The summed E-state index contributed by atoms with van der Waals surface area (Å²) in [7, 11) is 0. The van der Waals surface area contributed by atoms with Gasteiger partial charge in [0.2, 0.25) is 0 Å². The van der Waals surface area contributed by atoms with Gasteiger partial charge in [0.15, 0.2) is 11.5 Å². The van der Waals surface area contributed by atoms with Crippen LogP contribution in [0.4, 0.5) is 0 Å². The lowest BCUT2D eigenvalue weighted by atomic mass is 10.0. The molecule has 0 atom stereocenters. The minimum absolute atomic E-state index is 0.105. The lowest BCUT2D eigenvalue weighted by molar-refractivity contribution is 0.0955. The predicted molar refractivity (Wildman–Crippen MR) is 122 cm³/mol. The van der Waals surface area contributed by atoms with E-state index in [1.807, 2.05) is 61.7 Å². The van der Waals surface area contributed by atoms with E-state index < -0.39 is 0 Å². The first-order valence-electron chi connectivity index (χ1n) is 10.8. The summed E-state index contributed by atoms with van der Waals surface area (Å²) in [5.41, 5.74) is 5.23. The van der Waals surface area contributed by atoms with Gasteiger partial charge in [0.25, 0.3) is 5.91 Å². The lowest BCUT2D eigenvalue weighted by Crippen LogP contribution is -2.25. The third-order valence-electron chi connectivity index (χ3n) is 5.64. The van der Waals surface area contributed by atoms with Gasteiger partial charge < -0.3 is 14.8 Å². The second kappa shape index (κ2) is 8.70. The average Bonchev–Trinajstić information content (AvgIpc) is 3.25. The van der Waals surface area contributed by atoms with Gasteiger partial charge in [-0.3, -0.25) is 9.89 Å². The zero-order chi connectivity index (χ0) is 21.9. The molecule has 3 heterocycles. The summed E-state index contributed by atoms with van der Waals surface area (Å²) in [4.78, 5) is 17.9.